The molecule has 2 nitrogen and oxygen atoms in total. The van der Waals surface area contributed by atoms with Crippen molar-refractivity contribution in [1.82, 2.24) is 4.90 Å². The zero-order valence-electron chi connectivity index (χ0n) is 27.3. The predicted molar refractivity (Wildman–Crippen MR) is 182 cm³/mol. The van der Waals surface area contributed by atoms with Crippen LogP contribution in [0.4, 0.5) is 0 Å². The monoisotopic (exact) mass is 558 g/mol. The second-order valence-electron chi connectivity index (χ2n) is 11.7. The minimum Gasteiger partial charge on any atom is -0.395 e. The van der Waals surface area contributed by atoms with Gasteiger partial charge in [-0.05, 0) is 90.1 Å². The van der Waals surface area contributed by atoms with Crippen molar-refractivity contribution in [1.29, 1.82) is 0 Å². The van der Waals surface area contributed by atoms with Gasteiger partial charge in [-0.1, -0.05) is 140 Å². The van der Waals surface area contributed by atoms with Gasteiger partial charge in [0.25, 0.3) is 0 Å². The lowest BCUT2D eigenvalue weighted by atomic mass is 10.1. The Morgan fingerprint density at radius 2 is 0.700 bits per heavy atom. The Morgan fingerprint density at radius 3 is 1.05 bits per heavy atom. The molecule has 2 heteroatoms. The Morgan fingerprint density at radius 1 is 0.375 bits per heavy atom. The summed E-state index contributed by atoms with van der Waals surface area (Å²) >= 11 is 0. The Balaban J connectivity index is 3.51. The summed E-state index contributed by atoms with van der Waals surface area (Å²) in [7, 11) is 0. The molecule has 0 atom stereocenters. The molecule has 40 heavy (non-hydrogen) atoms. The van der Waals surface area contributed by atoms with Crippen molar-refractivity contribution in [3.8, 4) is 0 Å². The standard InChI is InChI=1S/C38H71NO/c1-3-5-7-9-11-13-15-17-19-21-23-25-27-29-31-33-35-39(37-38-40)36-34-32-30-28-26-24-22-20-18-16-14-12-10-8-6-4-2/h11-14,17-20,40H,3-10,15-16,21-38H2,1-2H3/b13-11-,14-12-,19-17-,20-18-. The third-order valence-corrected chi connectivity index (χ3v) is 7.77. The lowest BCUT2D eigenvalue weighted by molar-refractivity contribution is 0.190. The minimum absolute atomic E-state index is 0.296. The van der Waals surface area contributed by atoms with Crippen molar-refractivity contribution in [2.45, 2.75) is 168 Å². The molecule has 0 aromatic carbocycles. The van der Waals surface area contributed by atoms with Crippen LogP contribution in [-0.2, 0) is 0 Å². The minimum atomic E-state index is 0.296. The molecule has 0 spiro atoms. The highest BCUT2D eigenvalue weighted by Gasteiger charge is 2.04. The van der Waals surface area contributed by atoms with Crippen LogP contribution in [0.2, 0.25) is 0 Å². The third kappa shape index (κ3) is 33.1. The highest BCUT2D eigenvalue weighted by molar-refractivity contribution is 4.93. The molecule has 0 aromatic heterocycles. The number of aliphatic hydroxyl groups excluding tert-OH is 1. The van der Waals surface area contributed by atoms with Crippen molar-refractivity contribution in [2.24, 2.45) is 0 Å². The molecule has 0 rings (SSSR count). The van der Waals surface area contributed by atoms with Gasteiger partial charge < -0.3 is 10.0 Å². The van der Waals surface area contributed by atoms with Gasteiger partial charge in [0.15, 0.2) is 0 Å². The molecule has 0 aliphatic carbocycles. The molecule has 0 aliphatic heterocycles. The number of rotatable bonds is 32. The Bertz CT molecular complexity index is 528. The average Bonchev–Trinajstić information content (AvgIpc) is 2.96. The highest BCUT2D eigenvalue weighted by Crippen LogP contribution is 2.11. The van der Waals surface area contributed by atoms with E-state index in [1.807, 2.05) is 0 Å². The molecule has 1 N–H and O–H groups in total. The summed E-state index contributed by atoms with van der Waals surface area (Å²) < 4.78 is 0. The summed E-state index contributed by atoms with van der Waals surface area (Å²) in [5.74, 6) is 0. The van der Waals surface area contributed by atoms with Crippen LogP contribution < -0.4 is 0 Å². The number of allylic oxidation sites excluding steroid dienone is 8. The van der Waals surface area contributed by atoms with Gasteiger partial charge in [-0.3, -0.25) is 0 Å². The summed E-state index contributed by atoms with van der Waals surface area (Å²) in [6.07, 6.45) is 50.1. The second kappa shape index (κ2) is 35.9. The van der Waals surface area contributed by atoms with Crippen molar-refractivity contribution >= 4 is 0 Å². The van der Waals surface area contributed by atoms with Gasteiger partial charge in [0.1, 0.15) is 0 Å². The van der Waals surface area contributed by atoms with Gasteiger partial charge in [-0.25, -0.2) is 0 Å². The van der Waals surface area contributed by atoms with E-state index in [0.717, 1.165) is 32.5 Å². The van der Waals surface area contributed by atoms with Gasteiger partial charge in [-0.2, -0.15) is 0 Å². The fourth-order valence-corrected chi connectivity index (χ4v) is 5.12. The SMILES string of the molecule is CCCCC/C=C\C/C=C\CCCCCCCCN(CCO)CCCCCCCC/C=C\C/C=C\CCCCC. The number of nitrogens with zero attached hydrogens (tertiary/aromatic N) is 1. The van der Waals surface area contributed by atoms with Crippen LogP contribution in [0.15, 0.2) is 48.6 Å². The van der Waals surface area contributed by atoms with Crippen molar-refractivity contribution in [3.63, 3.8) is 0 Å². The van der Waals surface area contributed by atoms with Crippen molar-refractivity contribution < 1.29 is 5.11 Å². The van der Waals surface area contributed by atoms with Gasteiger partial charge in [0, 0.05) is 6.54 Å². The van der Waals surface area contributed by atoms with E-state index in [9.17, 15) is 5.11 Å². The van der Waals surface area contributed by atoms with Crippen molar-refractivity contribution in [2.75, 3.05) is 26.2 Å². The van der Waals surface area contributed by atoms with Gasteiger partial charge in [0.2, 0.25) is 0 Å². The molecule has 0 aromatic rings. The van der Waals surface area contributed by atoms with E-state index in [2.05, 4.69) is 67.4 Å². The van der Waals surface area contributed by atoms with Crippen LogP contribution in [0, 0.1) is 0 Å². The van der Waals surface area contributed by atoms with E-state index in [1.54, 1.807) is 0 Å². The summed E-state index contributed by atoms with van der Waals surface area (Å²) in [5.41, 5.74) is 0. The maximum absolute atomic E-state index is 9.45. The van der Waals surface area contributed by atoms with E-state index in [-0.39, 0.29) is 0 Å². The molecule has 0 radical (unpaired) electrons. The summed E-state index contributed by atoms with van der Waals surface area (Å²) in [5, 5.41) is 9.45. The quantitative estimate of drug-likeness (QED) is 0.0656. The molecule has 0 saturated carbocycles. The van der Waals surface area contributed by atoms with E-state index >= 15 is 0 Å². The molecule has 0 fully saturated rings. The van der Waals surface area contributed by atoms with Crippen molar-refractivity contribution in [3.05, 3.63) is 48.6 Å². The molecule has 0 aliphatic rings. The third-order valence-electron chi connectivity index (χ3n) is 7.77. The Kier molecular flexibility index (Phi) is 34.9. The molecular formula is C38H71NO. The van der Waals surface area contributed by atoms with Crippen LogP contribution in [0.25, 0.3) is 0 Å². The lowest BCUT2D eigenvalue weighted by Crippen LogP contribution is -2.29. The molecule has 0 bridgehead atoms. The van der Waals surface area contributed by atoms with Gasteiger partial charge in [-0.15, -0.1) is 0 Å². The highest BCUT2D eigenvalue weighted by atomic mass is 16.3. The predicted octanol–water partition coefficient (Wildman–Crippen LogP) is 11.9. The molecule has 0 amide bonds. The smallest absolute Gasteiger partial charge is 0.0558 e. The maximum Gasteiger partial charge on any atom is 0.0558 e. The molecule has 0 heterocycles. The zero-order valence-corrected chi connectivity index (χ0v) is 27.3. The average molecular weight is 558 g/mol. The maximum atomic E-state index is 9.45. The summed E-state index contributed by atoms with van der Waals surface area (Å²) in [6.45, 7) is 8.00. The second-order valence-corrected chi connectivity index (χ2v) is 11.7. The molecule has 234 valence electrons. The van der Waals surface area contributed by atoms with Crippen LogP contribution in [0.1, 0.15) is 168 Å². The fourth-order valence-electron chi connectivity index (χ4n) is 5.12. The first-order chi connectivity index (χ1) is 19.8. The van der Waals surface area contributed by atoms with Crippen LogP contribution in [-0.4, -0.2) is 36.2 Å². The van der Waals surface area contributed by atoms with Crippen LogP contribution in [0.5, 0.6) is 0 Å². The van der Waals surface area contributed by atoms with Gasteiger partial charge >= 0.3 is 0 Å². The summed E-state index contributed by atoms with van der Waals surface area (Å²) in [6, 6.07) is 0. The zero-order chi connectivity index (χ0) is 29.0. The normalized spacial score (nSPS) is 12.5. The first-order valence-electron chi connectivity index (χ1n) is 17.8. The molecular weight excluding hydrogens is 486 g/mol. The summed E-state index contributed by atoms with van der Waals surface area (Å²) in [4.78, 5) is 2.49. The Hall–Kier alpha value is -1.12. The lowest BCUT2D eigenvalue weighted by Gasteiger charge is -2.21. The van der Waals surface area contributed by atoms with Crippen LogP contribution in [0.3, 0.4) is 0 Å². The first kappa shape index (κ1) is 38.9. The number of hydrogen-bond acceptors (Lipinski definition) is 2. The van der Waals surface area contributed by atoms with E-state index in [4.69, 9.17) is 0 Å². The Labute approximate surface area is 252 Å². The van der Waals surface area contributed by atoms with E-state index < -0.39 is 0 Å². The number of hydrogen-bond donors (Lipinski definition) is 1. The van der Waals surface area contributed by atoms with Crippen LogP contribution >= 0.6 is 0 Å². The fraction of sp³-hybridized carbons (Fsp3) is 0.789. The first-order valence-corrected chi connectivity index (χ1v) is 17.8. The van der Waals surface area contributed by atoms with E-state index in [0.29, 0.717) is 6.61 Å². The number of unbranched alkanes of at least 4 members (excludes halogenated alkanes) is 18. The molecule has 0 unspecified atom stereocenters. The number of aliphatic hydroxyl groups is 1. The topological polar surface area (TPSA) is 23.5 Å². The van der Waals surface area contributed by atoms with E-state index in [1.165, 1.54) is 141 Å². The van der Waals surface area contributed by atoms with Gasteiger partial charge in [0.05, 0.1) is 6.61 Å². The molecule has 0 saturated heterocycles. The largest absolute Gasteiger partial charge is 0.395 e.